The van der Waals surface area contributed by atoms with Gasteiger partial charge >= 0.3 is 11.8 Å². The summed E-state index contributed by atoms with van der Waals surface area (Å²) in [5, 5.41) is 0. The van der Waals surface area contributed by atoms with E-state index in [9.17, 15) is 18.4 Å². The highest BCUT2D eigenvalue weighted by molar-refractivity contribution is 5.89. The van der Waals surface area contributed by atoms with Crippen molar-refractivity contribution < 1.29 is 27.8 Å². The molecule has 11 heteroatoms. The minimum atomic E-state index is -0.728. The van der Waals surface area contributed by atoms with Crippen molar-refractivity contribution in [1.29, 1.82) is 0 Å². The second kappa shape index (κ2) is 9.21. The quantitative estimate of drug-likeness (QED) is 0.464. The molecule has 0 aliphatic carbocycles. The van der Waals surface area contributed by atoms with Gasteiger partial charge in [0.2, 0.25) is 11.8 Å². The first-order valence-electron chi connectivity index (χ1n) is 11.2. The van der Waals surface area contributed by atoms with Crippen LogP contribution in [0, 0.1) is 11.8 Å². The maximum absolute atomic E-state index is 14.5. The topological polar surface area (TPSA) is 95.8 Å². The molecule has 0 unspecified atom stereocenters. The first-order chi connectivity index (χ1) is 16.8. The zero-order valence-corrected chi connectivity index (χ0v) is 20.5. The fraction of sp³-hybridized carbons (Fsp3) is 0.360. The molecule has 3 aromatic rings. The van der Waals surface area contributed by atoms with E-state index < -0.39 is 34.7 Å². The first kappa shape index (κ1) is 25.1. The number of nitrogens with zero attached hydrogens (tertiary/aromatic N) is 4. The number of pyridine rings is 1. The smallest absolute Gasteiger partial charge is 0.416 e. The van der Waals surface area contributed by atoms with Crippen molar-refractivity contribution in [2.24, 2.45) is 0 Å². The van der Waals surface area contributed by atoms with Gasteiger partial charge in [0.05, 0.1) is 18.3 Å². The highest BCUT2D eigenvalue weighted by Gasteiger charge is 2.43. The molecule has 0 atom stereocenters. The molecule has 1 aliphatic heterocycles. The van der Waals surface area contributed by atoms with E-state index in [2.05, 4.69) is 9.97 Å². The Morgan fingerprint density at radius 1 is 1.14 bits per heavy atom. The SMILES string of the molecule is CC(C)(C)OC(=O)N1c2cc(OCc3ccc(Oc4ccc(F)nc4)c(F)c3)nc(=O)n2CC1(C)C. The molecule has 1 amide bonds. The average molecular weight is 501 g/mol. The van der Waals surface area contributed by atoms with Gasteiger partial charge in [0.25, 0.3) is 0 Å². The number of benzene rings is 1. The average Bonchev–Trinajstić information content (AvgIpc) is 3.05. The van der Waals surface area contributed by atoms with E-state index >= 15 is 0 Å². The monoisotopic (exact) mass is 500 g/mol. The Morgan fingerprint density at radius 3 is 2.53 bits per heavy atom. The number of anilines is 1. The number of ether oxygens (including phenoxy) is 3. The van der Waals surface area contributed by atoms with Crippen molar-refractivity contribution in [2.75, 3.05) is 4.90 Å². The summed E-state index contributed by atoms with van der Waals surface area (Å²) in [6, 6.07) is 8.10. The summed E-state index contributed by atoms with van der Waals surface area (Å²) in [5.74, 6) is -0.952. The number of carbonyl (C=O) groups excluding carboxylic acids is 1. The van der Waals surface area contributed by atoms with Gasteiger partial charge in [0, 0.05) is 6.07 Å². The number of aromatic nitrogens is 3. The van der Waals surface area contributed by atoms with Crippen molar-refractivity contribution >= 4 is 11.9 Å². The maximum atomic E-state index is 14.5. The van der Waals surface area contributed by atoms with E-state index in [0.29, 0.717) is 11.4 Å². The first-order valence-corrected chi connectivity index (χ1v) is 11.2. The molecule has 4 rings (SSSR count). The van der Waals surface area contributed by atoms with Gasteiger partial charge in [0.15, 0.2) is 11.6 Å². The van der Waals surface area contributed by atoms with E-state index in [4.69, 9.17) is 14.2 Å². The Hall–Kier alpha value is -4.02. The Labute approximate surface area is 206 Å². The predicted octanol–water partition coefficient (Wildman–Crippen LogP) is 4.82. The fourth-order valence-corrected chi connectivity index (χ4v) is 3.72. The number of halogens is 2. The third-order valence-corrected chi connectivity index (χ3v) is 5.23. The fourth-order valence-electron chi connectivity index (χ4n) is 3.72. The Bertz CT molecular complexity index is 1350. The van der Waals surface area contributed by atoms with E-state index in [1.807, 2.05) is 13.8 Å². The summed E-state index contributed by atoms with van der Waals surface area (Å²) < 4.78 is 45.4. The molecule has 0 saturated carbocycles. The molecule has 0 fully saturated rings. The molecule has 0 spiro atoms. The lowest BCUT2D eigenvalue weighted by molar-refractivity contribution is 0.0552. The summed E-state index contributed by atoms with van der Waals surface area (Å²) in [7, 11) is 0. The summed E-state index contributed by atoms with van der Waals surface area (Å²) in [4.78, 5) is 34.4. The Morgan fingerprint density at radius 2 is 1.89 bits per heavy atom. The molecule has 0 radical (unpaired) electrons. The van der Waals surface area contributed by atoms with Crippen LogP contribution in [-0.4, -0.2) is 31.8 Å². The number of carbonyl (C=O) groups is 1. The van der Waals surface area contributed by atoms with Crippen molar-refractivity contribution in [3.63, 3.8) is 0 Å². The van der Waals surface area contributed by atoms with Gasteiger partial charge in [0.1, 0.15) is 23.8 Å². The minimum Gasteiger partial charge on any atom is -0.473 e. The minimum absolute atomic E-state index is 0.0179. The van der Waals surface area contributed by atoms with Gasteiger partial charge in [-0.2, -0.15) is 9.37 Å². The van der Waals surface area contributed by atoms with Crippen LogP contribution in [0.5, 0.6) is 17.4 Å². The molecule has 36 heavy (non-hydrogen) atoms. The number of hydrogen-bond donors (Lipinski definition) is 0. The molecule has 1 aromatic carbocycles. The summed E-state index contributed by atoms with van der Waals surface area (Å²) in [5.41, 5.74) is -1.58. The maximum Gasteiger partial charge on any atom is 0.416 e. The zero-order chi connectivity index (χ0) is 26.3. The predicted molar refractivity (Wildman–Crippen MR) is 126 cm³/mol. The third kappa shape index (κ3) is 5.45. The second-order valence-corrected chi connectivity index (χ2v) is 9.92. The van der Waals surface area contributed by atoms with Gasteiger partial charge in [-0.3, -0.25) is 9.47 Å². The van der Waals surface area contributed by atoms with E-state index in [1.165, 1.54) is 33.7 Å². The van der Waals surface area contributed by atoms with E-state index in [0.717, 1.165) is 12.3 Å². The van der Waals surface area contributed by atoms with Crippen LogP contribution in [0.1, 0.15) is 40.2 Å². The molecule has 0 bridgehead atoms. The molecule has 0 saturated heterocycles. The lowest BCUT2D eigenvalue weighted by atomic mass is 10.1. The van der Waals surface area contributed by atoms with Gasteiger partial charge in [-0.25, -0.2) is 19.0 Å². The standard InChI is InChI=1S/C25H26F2N4O5/c1-24(2,3)36-23(33)31-21-11-20(29-22(32)30(21)14-25(31,4)5)34-13-15-6-8-18(17(26)10-15)35-16-7-9-19(27)28-12-16/h6-12H,13-14H2,1-5H3. The van der Waals surface area contributed by atoms with Crippen LogP contribution in [0.3, 0.4) is 0 Å². The summed E-state index contributed by atoms with van der Waals surface area (Å²) in [6.45, 7) is 9.05. The summed E-state index contributed by atoms with van der Waals surface area (Å²) in [6.07, 6.45) is 0.551. The van der Waals surface area contributed by atoms with Gasteiger partial charge in [-0.15, -0.1) is 0 Å². The van der Waals surface area contributed by atoms with Crippen LogP contribution in [0.2, 0.25) is 0 Å². The third-order valence-electron chi connectivity index (χ3n) is 5.23. The van der Waals surface area contributed by atoms with Crippen LogP contribution in [0.15, 0.2) is 47.4 Å². The molecular formula is C25H26F2N4O5. The van der Waals surface area contributed by atoms with Crippen LogP contribution >= 0.6 is 0 Å². The van der Waals surface area contributed by atoms with Crippen LogP contribution < -0.4 is 20.1 Å². The highest BCUT2D eigenvalue weighted by atomic mass is 19.1. The van der Waals surface area contributed by atoms with E-state index in [1.54, 1.807) is 26.8 Å². The van der Waals surface area contributed by atoms with Crippen LogP contribution in [0.4, 0.5) is 19.4 Å². The van der Waals surface area contributed by atoms with Crippen molar-refractivity contribution in [1.82, 2.24) is 14.5 Å². The lowest BCUT2D eigenvalue weighted by Gasteiger charge is -2.32. The Kier molecular flexibility index (Phi) is 6.42. The number of amides is 1. The molecule has 190 valence electrons. The number of hydrogen-bond acceptors (Lipinski definition) is 7. The van der Waals surface area contributed by atoms with Crippen LogP contribution in [-0.2, 0) is 17.9 Å². The Balaban J connectivity index is 1.51. The van der Waals surface area contributed by atoms with Crippen molar-refractivity contribution in [3.8, 4) is 17.4 Å². The molecule has 1 aliphatic rings. The van der Waals surface area contributed by atoms with Gasteiger partial charge < -0.3 is 14.2 Å². The number of fused-ring (bicyclic) bond motifs is 1. The molecular weight excluding hydrogens is 474 g/mol. The van der Waals surface area contributed by atoms with Gasteiger partial charge in [-0.05, 0) is 64.4 Å². The molecule has 9 nitrogen and oxygen atoms in total. The van der Waals surface area contributed by atoms with E-state index in [-0.39, 0.29) is 30.5 Å². The molecule has 2 aromatic heterocycles. The molecule has 0 N–H and O–H groups in total. The lowest BCUT2D eigenvalue weighted by Crippen LogP contribution is -2.47. The zero-order valence-electron chi connectivity index (χ0n) is 20.5. The summed E-state index contributed by atoms with van der Waals surface area (Å²) >= 11 is 0. The highest BCUT2D eigenvalue weighted by Crippen LogP contribution is 2.35. The second-order valence-electron chi connectivity index (χ2n) is 9.92. The largest absolute Gasteiger partial charge is 0.473 e. The normalized spacial score (nSPS) is 14.4. The van der Waals surface area contributed by atoms with Crippen molar-refractivity contribution in [2.45, 2.75) is 58.9 Å². The number of rotatable bonds is 5. The van der Waals surface area contributed by atoms with Crippen molar-refractivity contribution in [3.05, 3.63) is 70.4 Å². The molecule has 3 heterocycles. The van der Waals surface area contributed by atoms with Gasteiger partial charge in [-0.1, -0.05) is 6.07 Å². The van der Waals surface area contributed by atoms with Crippen LogP contribution in [0.25, 0.3) is 0 Å².